The largest absolute Gasteiger partial charge is 0.457 e. The third-order valence-electron chi connectivity index (χ3n) is 7.28. The Kier molecular flexibility index (Phi) is 6.72. The van der Waals surface area contributed by atoms with Crippen molar-refractivity contribution in [3.63, 3.8) is 0 Å². The Labute approximate surface area is 222 Å². The molecule has 9 heteroatoms. The Balaban J connectivity index is 1.15. The second kappa shape index (κ2) is 9.97. The maximum atomic E-state index is 13.1. The molecule has 1 heterocycles. The lowest BCUT2D eigenvalue weighted by Gasteiger charge is -2.45. The van der Waals surface area contributed by atoms with E-state index < -0.39 is 4.92 Å². The molecule has 0 aromatic heterocycles. The molecular formula is C28H26BrN3O5. The number of carbonyl (C=O) groups excluding carboxylic acids is 2. The van der Waals surface area contributed by atoms with Crippen LogP contribution in [-0.4, -0.2) is 40.8 Å². The van der Waals surface area contributed by atoms with E-state index in [4.69, 9.17) is 4.74 Å². The first-order valence-corrected chi connectivity index (χ1v) is 12.9. The van der Waals surface area contributed by atoms with Crippen LogP contribution in [0.4, 0.5) is 5.69 Å². The maximum Gasteiger partial charge on any atom is 0.274 e. The standard InChI is InChI=1S/C28H26BrN3O5/c1-18-24(29)13-20(14-25(18)32(35)36)26(33)30-21-15-28(16-21)11-12-31(17-28)27(34)19-7-9-23(10-8-19)37-22-5-3-2-4-6-22/h2-10,13-14,21H,11-12,15-17H2,1H3,(H,30,33). The minimum absolute atomic E-state index is 0.00379. The van der Waals surface area contributed by atoms with Crippen molar-refractivity contribution in [1.29, 1.82) is 0 Å². The molecule has 190 valence electrons. The number of carbonyl (C=O) groups is 2. The van der Waals surface area contributed by atoms with Crippen molar-refractivity contribution in [2.24, 2.45) is 5.41 Å². The van der Waals surface area contributed by atoms with Gasteiger partial charge in [0, 0.05) is 46.4 Å². The van der Waals surface area contributed by atoms with E-state index in [-0.39, 0.29) is 34.5 Å². The summed E-state index contributed by atoms with van der Waals surface area (Å²) >= 11 is 3.31. The van der Waals surface area contributed by atoms with Gasteiger partial charge in [-0.05, 0) is 74.1 Å². The van der Waals surface area contributed by atoms with Crippen molar-refractivity contribution in [3.05, 3.63) is 98.0 Å². The molecule has 0 unspecified atom stereocenters. The topological polar surface area (TPSA) is 102 Å². The molecular weight excluding hydrogens is 538 g/mol. The van der Waals surface area contributed by atoms with Crippen LogP contribution in [0.5, 0.6) is 11.5 Å². The van der Waals surface area contributed by atoms with Crippen LogP contribution in [0.2, 0.25) is 0 Å². The van der Waals surface area contributed by atoms with Gasteiger partial charge in [-0.3, -0.25) is 19.7 Å². The predicted molar refractivity (Wildman–Crippen MR) is 142 cm³/mol. The van der Waals surface area contributed by atoms with Gasteiger partial charge < -0.3 is 15.0 Å². The van der Waals surface area contributed by atoms with Crippen LogP contribution in [0, 0.1) is 22.5 Å². The second-order valence-electron chi connectivity index (χ2n) is 9.85. The van der Waals surface area contributed by atoms with Gasteiger partial charge in [0.05, 0.1) is 4.92 Å². The molecule has 37 heavy (non-hydrogen) atoms. The molecule has 2 fully saturated rings. The second-order valence-corrected chi connectivity index (χ2v) is 10.7. The molecule has 1 aliphatic heterocycles. The SMILES string of the molecule is Cc1c(Br)cc(C(=O)NC2CC3(CCN(C(=O)c4ccc(Oc5ccccc5)cc4)C3)C2)cc1[N+](=O)[O-]. The number of amides is 2. The summed E-state index contributed by atoms with van der Waals surface area (Å²) in [7, 11) is 0. The summed E-state index contributed by atoms with van der Waals surface area (Å²) in [5.41, 5.74) is 1.28. The number of nitrogens with one attached hydrogen (secondary N) is 1. The van der Waals surface area contributed by atoms with Crippen LogP contribution in [0.25, 0.3) is 0 Å². The highest BCUT2D eigenvalue weighted by Crippen LogP contribution is 2.48. The minimum atomic E-state index is -0.483. The lowest BCUT2D eigenvalue weighted by Crippen LogP contribution is -2.52. The molecule has 1 aliphatic carbocycles. The van der Waals surface area contributed by atoms with E-state index in [0.29, 0.717) is 34.4 Å². The maximum absolute atomic E-state index is 13.1. The van der Waals surface area contributed by atoms with Crippen LogP contribution in [-0.2, 0) is 0 Å². The number of para-hydroxylation sites is 1. The first-order valence-electron chi connectivity index (χ1n) is 12.1. The fourth-order valence-electron chi connectivity index (χ4n) is 5.26. The molecule has 1 saturated carbocycles. The Morgan fingerprint density at radius 1 is 1.05 bits per heavy atom. The zero-order valence-corrected chi connectivity index (χ0v) is 21.9. The lowest BCUT2D eigenvalue weighted by molar-refractivity contribution is -0.385. The highest BCUT2D eigenvalue weighted by atomic mass is 79.9. The zero-order valence-electron chi connectivity index (χ0n) is 20.3. The summed E-state index contributed by atoms with van der Waals surface area (Å²) in [6.07, 6.45) is 2.45. The first-order chi connectivity index (χ1) is 17.7. The van der Waals surface area contributed by atoms with Crippen LogP contribution in [0.3, 0.4) is 0 Å². The van der Waals surface area contributed by atoms with Gasteiger partial charge in [-0.15, -0.1) is 0 Å². The molecule has 0 atom stereocenters. The molecule has 2 amide bonds. The van der Waals surface area contributed by atoms with Gasteiger partial charge >= 0.3 is 0 Å². The molecule has 3 aromatic carbocycles. The summed E-state index contributed by atoms with van der Waals surface area (Å²) in [5, 5.41) is 14.3. The first kappa shape index (κ1) is 25.0. The number of rotatable bonds is 6. The Hall–Kier alpha value is -3.72. The molecule has 1 spiro atoms. The third kappa shape index (κ3) is 5.22. The van der Waals surface area contributed by atoms with Crippen molar-refractivity contribution < 1.29 is 19.2 Å². The Bertz CT molecular complexity index is 1350. The molecule has 8 nitrogen and oxygen atoms in total. The highest BCUT2D eigenvalue weighted by molar-refractivity contribution is 9.10. The normalized spacial score (nSPS) is 20.4. The number of nitro groups is 1. The minimum Gasteiger partial charge on any atom is -0.457 e. The molecule has 0 bridgehead atoms. The average molecular weight is 564 g/mol. The lowest BCUT2D eigenvalue weighted by atomic mass is 9.65. The van der Waals surface area contributed by atoms with Crippen molar-refractivity contribution >= 4 is 33.4 Å². The van der Waals surface area contributed by atoms with Crippen molar-refractivity contribution in [2.75, 3.05) is 13.1 Å². The summed E-state index contributed by atoms with van der Waals surface area (Å²) in [4.78, 5) is 38.6. The van der Waals surface area contributed by atoms with Crippen LogP contribution in [0.1, 0.15) is 45.5 Å². The predicted octanol–water partition coefficient (Wildman–Crippen LogP) is 5.88. The molecule has 3 aromatic rings. The summed E-state index contributed by atoms with van der Waals surface area (Å²) in [6.45, 7) is 2.97. The van der Waals surface area contributed by atoms with Gasteiger partial charge in [-0.25, -0.2) is 0 Å². The highest BCUT2D eigenvalue weighted by Gasteiger charge is 2.49. The monoisotopic (exact) mass is 563 g/mol. The van der Waals surface area contributed by atoms with Gasteiger partial charge in [0.1, 0.15) is 11.5 Å². The fourth-order valence-corrected chi connectivity index (χ4v) is 5.71. The summed E-state index contributed by atoms with van der Waals surface area (Å²) < 4.78 is 6.34. The van der Waals surface area contributed by atoms with E-state index in [0.717, 1.165) is 25.0 Å². The fraction of sp³-hybridized carbons (Fsp3) is 0.286. The smallest absolute Gasteiger partial charge is 0.274 e. The average Bonchev–Trinajstić information content (AvgIpc) is 3.31. The number of hydrogen-bond donors (Lipinski definition) is 1. The van der Waals surface area contributed by atoms with Gasteiger partial charge in [0.15, 0.2) is 0 Å². The van der Waals surface area contributed by atoms with Crippen molar-refractivity contribution in [3.8, 4) is 11.5 Å². The van der Waals surface area contributed by atoms with E-state index in [1.54, 1.807) is 37.3 Å². The Morgan fingerprint density at radius 2 is 1.73 bits per heavy atom. The number of nitrogens with zero attached hydrogens (tertiary/aromatic N) is 2. The van der Waals surface area contributed by atoms with Crippen molar-refractivity contribution in [2.45, 2.75) is 32.2 Å². The number of likely N-dealkylation sites (tertiary alicyclic amines) is 1. The van der Waals surface area contributed by atoms with Crippen LogP contribution in [0.15, 0.2) is 71.2 Å². The van der Waals surface area contributed by atoms with Crippen LogP contribution >= 0.6 is 15.9 Å². The van der Waals surface area contributed by atoms with Gasteiger partial charge in [-0.2, -0.15) is 0 Å². The molecule has 1 saturated heterocycles. The number of nitro benzene ring substituents is 1. The number of ether oxygens (including phenoxy) is 1. The summed E-state index contributed by atoms with van der Waals surface area (Å²) in [5.74, 6) is 1.08. The third-order valence-corrected chi connectivity index (χ3v) is 8.10. The zero-order chi connectivity index (χ0) is 26.2. The van der Waals surface area contributed by atoms with Gasteiger partial charge in [-0.1, -0.05) is 34.1 Å². The quantitative estimate of drug-likeness (QED) is 0.298. The molecule has 0 radical (unpaired) electrons. The Morgan fingerprint density at radius 3 is 2.41 bits per heavy atom. The summed E-state index contributed by atoms with van der Waals surface area (Å²) in [6, 6.07) is 19.6. The van der Waals surface area contributed by atoms with Gasteiger partial charge in [0.2, 0.25) is 0 Å². The molecule has 1 N–H and O–H groups in total. The molecule has 5 rings (SSSR count). The molecule has 2 aliphatic rings. The number of hydrogen-bond acceptors (Lipinski definition) is 5. The van der Waals surface area contributed by atoms with E-state index in [9.17, 15) is 19.7 Å². The van der Waals surface area contributed by atoms with E-state index in [1.165, 1.54) is 6.07 Å². The van der Waals surface area contributed by atoms with Crippen LogP contribution < -0.4 is 10.1 Å². The van der Waals surface area contributed by atoms with E-state index in [2.05, 4.69) is 21.2 Å². The number of benzene rings is 3. The number of halogens is 1. The van der Waals surface area contributed by atoms with Gasteiger partial charge in [0.25, 0.3) is 17.5 Å². The van der Waals surface area contributed by atoms with Crippen molar-refractivity contribution in [1.82, 2.24) is 10.2 Å². The van der Waals surface area contributed by atoms with E-state index in [1.807, 2.05) is 35.2 Å². The van der Waals surface area contributed by atoms with E-state index >= 15 is 0 Å².